The van der Waals surface area contributed by atoms with Crippen molar-refractivity contribution < 1.29 is 9.47 Å². The predicted molar refractivity (Wildman–Crippen MR) is 226 cm³/mol. The minimum atomic E-state index is 0.305. The second-order valence-electron chi connectivity index (χ2n) is 19.4. The van der Waals surface area contributed by atoms with Crippen LogP contribution in [0.25, 0.3) is 0 Å². The first-order valence-corrected chi connectivity index (χ1v) is 24.0. The lowest BCUT2D eigenvalue weighted by molar-refractivity contribution is -0.0425. The van der Waals surface area contributed by atoms with Crippen molar-refractivity contribution >= 4 is 0 Å². The van der Waals surface area contributed by atoms with Crippen LogP contribution >= 0.6 is 0 Å². The van der Waals surface area contributed by atoms with Gasteiger partial charge in [-0.05, 0) is 145 Å². The summed E-state index contributed by atoms with van der Waals surface area (Å²) in [6.07, 6.45) is 57.1. The van der Waals surface area contributed by atoms with Crippen LogP contribution in [0.15, 0.2) is 36.5 Å². The number of methoxy groups -OCH3 is 2. The number of rotatable bonds is 16. The highest BCUT2D eigenvalue weighted by atomic mass is 16.5. The van der Waals surface area contributed by atoms with Gasteiger partial charge in [-0.25, -0.2) is 0 Å². The van der Waals surface area contributed by atoms with Crippen LogP contribution in [0.4, 0.5) is 0 Å². The van der Waals surface area contributed by atoms with Gasteiger partial charge in [-0.15, -0.1) is 0 Å². The Hall–Kier alpha value is -0.900. The molecule has 0 N–H and O–H groups in total. The smallest absolute Gasteiger partial charge is 0.0641 e. The average molecular weight is 732 g/mol. The third-order valence-electron chi connectivity index (χ3n) is 15.8. The monoisotopic (exact) mass is 732 g/mol. The second-order valence-corrected chi connectivity index (χ2v) is 19.4. The molecule has 0 bridgehead atoms. The molecule has 0 amide bonds. The van der Waals surface area contributed by atoms with Crippen molar-refractivity contribution in [1.82, 2.24) is 4.90 Å². The van der Waals surface area contributed by atoms with E-state index in [9.17, 15) is 0 Å². The van der Waals surface area contributed by atoms with E-state index in [0.717, 1.165) is 60.6 Å². The van der Waals surface area contributed by atoms with Gasteiger partial charge in [0.25, 0.3) is 0 Å². The highest BCUT2D eigenvalue weighted by Gasteiger charge is 2.39. The molecule has 3 nitrogen and oxygen atoms in total. The normalized spacial score (nSPS) is 37.4. The zero-order valence-corrected chi connectivity index (χ0v) is 35.2. The summed E-state index contributed by atoms with van der Waals surface area (Å²) in [6.45, 7) is 2.35. The predicted octanol–water partition coefficient (Wildman–Crippen LogP) is 13.8. The number of hydrogen-bond acceptors (Lipinski definition) is 3. The molecule has 0 aliphatic heterocycles. The average Bonchev–Trinajstić information content (AvgIpc) is 3.22. The molecule has 4 unspecified atom stereocenters. The van der Waals surface area contributed by atoms with Gasteiger partial charge in [0.2, 0.25) is 0 Å². The maximum absolute atomic E-state index is 6.18. The highest BCUT2D eigenvalue weighted by Crippen LogP contribution is 2.42. The summed E-state index contributed by atoms with van der Waals surface area (Å²) >= 11 is 0. The number of ether oxygens (including phenoxy) is 2. The molecule has 53 heavy (non-hydrogen) atoms. The zero-order valence-electron chi connectivity index (χ0n) is 35.2. The molecule has 0 aromatic rings. The summed E-state index contributed by atoms with van der Waals surface area (Å²) in [7, 11) is 3.88. The fraction of sp³-hybridized carbons (Fsp3) is 0.880. The lowest BCUT2D eigenvalue weighted by atomic mass is 9.75. The van der Waals surface area contributed by atoms with Crippen molar-refractivity contribution in [3.8, 4) is 0 Å². The summed E-state index contributed by atoms with van der Waals surface area (Å²) in [5.41, 5.74) is 0. The first-order chi connectivity index (χ1) is 26.1. The molecular formula is C50H85NO2. The Kier molecular flexibility index (Phi) is 17.9. The van der Waals surface area contributed by atoms with E-state index in [1.807, 2.05) is 14.2 Å². The summed E-state index contributed by atoms with van der Waals surface area (Å²) in [6, 6.07) is 2.48. The molecule has 6 fully saturated rings. The minimum absolute atomic E-state index is 0.305. The van der Waals surface area contributed by atoms with Crippen molar-refractivity contribution in [3.05, 3.63) is 36.5 Å². The fourth-order valence-corrected chi connectivity index (χ4v) is 12.4. The van der Waals surface area contributed by atoms with Gasteiger partial charge in [0.05, 0.1) is 12.2 Å². The maximum atomic E-state index is 6.18. The third-order valence-corrected chi connectivity index (χ3v) is 15.8. The van der Waals surface area contributed by atoms with Gasteiger partial charge in [-0.3, -0.25) is 4.90 Å². The van der Waals surface area contributed by atoms with Gasteiger partial charge in [-0.1, -0.05) is 114 Å². The molecule has 6 aliphatic rings. The maximum Gasteiger partial charge on any atom is 0.0641 e. The summed E-state index contributed by atoms with van der Waals surface area (Å²) in [5, 5.41) is 0. The molecule has 6 saturated carbocycles. The Morgan fingerprint density at radius 1 is 0.434 bits per heavy atom. The molecule has 4 atom stereocenters. The van der Waals surface area contributed by atoms with Crippen LogP contribution in [0.5, 0.6) is 0 Å². The molecule has 0 heterocycles. The van der Waals surface area contributed by atoms with E-state index in [1.54, 1.807) is 0 Å². The van der Waals surface area contributed by atoms with Gasteiger partial charge in [0, 0.05) is 44.2 Å². The Balaban J connectivity index is 1.02. The summed E-state index contributed by atoms with van der Waals surface area (Å²) in [5.74, 6) is 5.19. The number of allylic oxidation sites excluding steroid dienone is 4. The number of hydrogen-bond donors (Lipinski definition) is 0. The molecule has 6 aliphatic carbocycles. The Morgan fingerprint density at radius 2 is 0.830 bits per heavy atom. The van der Waals surface area contributed by atoms with E-state index in [-0.39, 0.29) is 0 Å². The number of nitrogens with zero attached hydrogens (tertiary/aromatic N) is 1. The molecule has 0 spiro atoms. The van der Waals surface area contributed by atoms with E-state index in [4.69, 9.17) is 9.47 Å². The van der Waals surface area contributed by atoms with Gasteiger partial charge in [0.15, 0.2) is 0 Å². The van der Waals surface area contributed by atoms with Crippen molar-refractivity contribution in [2.75, 3.05) is 14.2 Å². The van der Waals surface area contributed by atoms with Crippen LogP contribution in [0, 0.1) is 41.4 Å². The van der Waals surface area contributed by atoms with E-state index < -0.39 is 0 Å². The van der Waals surface area contributed by atoms with Crippen LogP contribution < -0.4 is 0 Å². The lowest BCUT2D eigenvalue weighted by Gasteiger charge is -2.49. The zero-order chi connectivity index (χ0) is 36.7. The molecular weight excluding hydrogens is 647 g/mol. The fourth-order valence-electron chi connectivity index (χ4n) is 12.4. The van der Waals surface area contributed by atoms with Crippen molar-refractivity contribution in [2.45, 2.75) is 223 Å². The highest BCUT2D eigenvalue weighted by molar-refractivity contribution is 5.07. The number of unbranched alkanes of at least 4 members (excludes halogenated alkanes) is 3. The quantitative estimate of drug-likeness (QED) is 0.117. The van der Waals surface area contributed by atoms with Crippen LogP contribution in [0.1, 0.15) is 193 Å². The summed E-state index contributed by atoms with van der Waals surface area (Å²) in [4.78, 5) is 3.21. The second kappa shape index (κ2) is 22.7. The Morgan fingerprint density at radius 3 is 1.25 bits per heavy atom. The van der Waals surface area contributed by atoms with Crippen molar-refractivity contribution in [2.24, 2.45) is 41.4 Å². The molecule has 6 rings (SSSR count). The standard InChI is InChI=1S/C50H85NO2/c1-4-5-6-9-18-41-23-31-46(32-24-41)51(47-33-25-42(26-34-47)20-19-39-14-10-7-11-15-39)48-35-27-43(28-36-48)22-30-45-38-49(52-2)44(37-50(45)53-3)29-21-40-16-12-8-13-17-40/h19-22,29-30,39-50H,4-18,23-28,31-38H2,1-3H3/b20-19+,29-21+,30-22+. The van der Waals surface area contributed by atoms with Crippen molar-refractivity contribution in [1.29, 1.82) is 0 Å². The van der Waals surface area contributed by atoms with E-state index >= 15 is 0 Å². The van der Waals surface area contributed by atoms with Crippen LogP contribution in [0.3, 0.4) is 0 Å². The molecule has 0 radical (unpaired) electrons. The Bertz CT molecular complexity index is 1060. The lowest BCUT2D eigenvalue weighted by Crippen LogP contribution is -2.52. The van der Waals surface area contributed by atoms with E-state index in [0.29, 0.717) is 24.0 Å². The summed E-state index contributed by atoms with van der Waals surface area (Å²) < 4.78 is 12.3. The molecule has 302 valence electrons. The van der Waals surface area contributed by atoms with Gasteiger partial charge in [-0.2, -0.15) is 0 Å². The van der Waals surface area contributed by atoms with E-state index in [1.165, 1.54) is 173 Å². The largest absolute Gasteiger partial charge is 0.381 e. The first kappa shape index (κ1) is 41.7. The molecule has 0 aromatic carbocycles. The first-order valence-electron chi connectivity index (χ1n) is 24.0. The SMILES string of the molecule is CCCCCCC1CCC(N(C2CCC(/C=C/C3CCCCC3)CC2)C2CCC(/C=C/C3CC(OC)C(/C=C/C4CCCCC4)CC3OC)CC2)CC1. The topological polar surface area (TPSA) is 21.7 Å². The Labute approximate surface area is 329 Å². The van der Waals surface area contributed by atoms with E-state index in [2.05, 4.69) is 48.3 Å². The van der Waals surface area contributed by atoms with Crippen LogP contribution in [-0.2, 0) is 9.47 Å². The van der Waals surface area contributed by atoms with Crippen LogP contribution in [-0.4, -0.2) is 49.5 Å². The van der Waals surface area contributed by atoms with Gasteiger partial charge >= 0.3 is 0 Å². The molecule has 0 saturated heterocycles. The van der Waals surface area contributed by atoms with Gasteiger partial charge in [0.1, 0.15) is 0 Å². The van der Waals surface area contributed by atoms with Crippen molar-refractivity contribution in [3.63, 3.8) is 0 Å². The third kappa shape index (κ3) is 12.8. The van der Waals surface area contributed by atoms with Gasteiger partial charge < -0.3 is 9.47 Å². The molecule has 0 aromatic heterocycles. The van der Waals surface area contributed by atoms with Crippen LogP contribution in [0.2, 0.25) is 0 Å². The molecule has 3 heteroatoms. The minimum Gasteiger partial charge on any atom is -0.381 e.